The van der Waals surface area contributed by atoms with E-state index in [1.807, 2.05) is 0 Å². The van der Waals surface area contributed by atoms with E-state index in [-0.39, 0.29) is 0 Å². The summed E-state index contributed by atoms with van der Waals surface area (Å²) >= 11 is 0. The molecule has 1 spiro atoms. The van der Waals surface area contributed by atoms with E-state index < -0.39 is 19.0 Å². The molecule has 0 amide bonds. The third-order valence-corrected chi connectivity index (χ3v) is 22.2. The van der Waals surface area contributed by atoms with Crippen LogP contribution in [-0.2, 0) is 8.85 Å². The van der Waals surface area contributed by atoms with Gasteiger partial charge in [-0.25, -0.2) is 0 Å². The Balaban J connectivity index is 1.53. The fourth-order valence-electron chi connectivity index (χ4n) is 11.8. The zero-order valence-electron chi connectivity index (χ0n) is 33.4. The second-order valence-corrected chi connectivity index (χ2v) is 21.7. The Labute approximate surface area is 330 Å². The summed E-state index contributed by atoms with van der Waals surface area (Å²) in [5.41, 5.74) is 4.16. The van der Waals surface area contributed by atoms with Gasteiger partial charge in [0.25, 0.3) is 0 Å². The summed E-state index contributed by atoms with van der Waals surface area (Å²) in [6, 6.07) is 34.4. The van der Waals surface area contributed by atoms with Crippen molar-refractivity contribution in [2.45, 2.75) is 91.3 Å². The van der Waals surface area contributed by atoms with Crippen LogP contribution in [0.4, 0.5) is 11.6 Å². The van der Waals surface area contributed by atoms with E-state index in [4.69, 9.17) is 28.8 Å². The third-order valence-electron chi connectivity index (χ3n) is 14.9. The number of fused-ring (bicyclic) bond motifs is 12. The van der Waals surface area contributed by atoms with Crippen LogP contribution >= 0.6 is 0 Å². The standard InChI is InChI=1S/C46H46N8O2Si/c1-7-45(8-2,9-3)55-57(56-46(10-4,11-5)12-6)51-37-29-21-13-14-22-30(29)38(51)48-40-33-25-17-18-26-34(33)42(53(40)57)50-44-36-28-20-19-27-35(36)43(54(44)57)49-41-32-24-16-15-23-31(32)39(47-37)52(41)57/h13-28H,7-12H2,1-6H3. The van der Waals surface area contributed by atoms with Gasteiger partial charge in [0.2, 0.25) is 0 Å². The van der Waals surface area contributed by atoms with Gasteiger partial charge in [-0.15, -0.1) is 0 Å². The molecule has 2 aromatic heterocycles. The Bertz CT molecular complexity index is 2950. The molecule has 6 aliphatic heterocycles. The molecular weight excluding hydrogens is 725 g/mol. The molecule has 11 heteroatoms. The normalized spacial score (nSPS) is 20.3. The third kappa shape index (κ3) is 3.19. The summed E-state index contributed by atoms with van der Waals surface area (Å²) in [6.45, 7) is 13.6. The Morgan fingerprint density at radius 3 is 1.19 bits per heavy atom. The average molecular weight is 771 g/mol. The van der Waals surface area contributed by atoms with Crippen molar-refractivity contribution in [3.8, 4) is 0 Å². The van der Waals surface area contributed by atoms with E-state index in [1.165, 1.54) is 0 Å². The first-order valence-corrected chi connectivity index (χ1v) is 23.6. The zero-order valence-corrected chi connectivity index (χ0v) is 34.4. The quantitative estimate of drug-likeness (QED) is 0.131. The van der Waals surface area contributed by atoms with Gasteiger partial charge in [0, 0.05) is 0 Å². The van der Waals surface area contributed by atoms with E-state index in [1.54, 1.807) is 0 Å². The molecule has 0 saturated heterocycles. The first kappa shape index (κ1) is 33.5. The summed E-state index contributed by atoms with van der Waals surface area (Å²) in [6.07, 6.45) is 4.46. The van der Waals surface area contributed by atoms with Crippen LogP contribution in [0.5, 0.6) is 0 Å². The molecular formula is C46H46N8O2Si. The van der Waals surface area contributed by atoms with Crippen molar-refractivity contribution >= 4 is 64.3 Å². The zero-order chi connectivity index (χ0) is 38.8. The van der Waals surface area contributed by atoms with Gasteiger partial charge in [-0.05, 0) is 0 Å². The molecule has 0 aliphatic carbocycles. The van der Waals surface area contributed by atoms with E-state index in [0.717, 1.165) is 128 Å². The van der Waals surface area contributed by atoms with Crippen LogP contribution in [0.15, 0.2) is 117 Å². The molecule has 12 rings (SSSR count). The molecule has 0 bridgehead atoms. The average Bonchev–Trinajstić information content (AvgIpc) is 3.99. The second-order valence-electron chi connectivity index (χ2n) is 16.7. The van der Waals surface area contributed by atoms with Gasteiger partial charge < -0.3 is 0 Å². The van der Waals surface area contributed by atoms with Gasteiger partial charge in [-0.2, -0.15) is 0 Å². The summed E-state index contributed by atoms with van der Waals surface area (Å²) in [5, 5.41) is 3.99. The predicted octanol–water partition coefficient (Wildman–Crippen LogP) is 8.30. The predicted molar refractivity (Wildman–Crippen MR) is 226 cm³/mol. The van der Waals surface area contributed by atoms with Gasteiger partial charge >= 0.3 is 332 Å². The van der Waals surface area contributed by atoms with Gasteiger partial charge in [0.05, 0.1) is 0 Å². The fraction of sp³-hybridized carbons (Fsp3) is 0.304. The van der Waals surface area contributed by atoms with Crippen molar-refractivity contribution in [3.63, 3.8) is 0 Å². The van der Waals surface area contributed by atoms with Gasteiger partial charge in [0.1, 0.15) is 0 Å². The molecule has 6 aliphatic rings. The minimum absolute atomic E-state index is 0.694. The molecule has 10 nitrogen and oxygen atoms in total. The maximum absolute atomic E-state index is 9.10. The van der Waals surface area contributed by atoms with Crippen LogP contribution < -0.4 is 11.0 Å². The maximum atomic E-state index is 9.10. The molecule has 0 atom stereocenters. The van der Waals surface area contributed by atoms with Crippen LogP contribution in [0.1, 0.15) is 102 Å². The van der Waals surface area contributed by atoms with Crippen molar-refractivity contribution in [3.05, 3.63) is 130 Å². The van der Waals surface area contributed by atoms with Gasteiger partial charge in [-0.1, -0.05) is 0 Å². The van der Waals surface area contributed by atoms with Crippen LogP contribution in [-0.4, -0.2) is 59.3 Å². The Morgan fingerprint density at radius 1 is 0.456 bits per heavy atom. The molecule has 0 unspecified atom stereocenters. The number of aliphatic imine (C=N–C) groups is 2. The second kappa shape index (κ2) is 10.3. The molecule has 4 aromatic carbocycles. The SMILES string of the molecule is CCC(CC)(CC)O[Si-2]123(OC(CC)(CC)CC)n4c5c6ccccc6c4N=C4c6ccccc6C(=[N+]41)N=c1c4ccccc4c(n12)=NC1=[N+]3C(=N5)c2ccccc21. The van der Waals surface area contributed by atoms with Crippen molar-refractivity contribution in [2.75, 3.05) is 0 Å². The summed E-state index contributed by atoms with van der Waals surface area (Å²) in [5.74, 6) is 4.66. The molecule has 0 radical (unpaired) electrons. The van der Waals surface area contributed by atoms with Crippen molar-refractivity contribution in [1.82, 2.24) is 8.47 Å². The van der Waals surface area contributed by atoms with E-state index in [2.05, 4.69) is 156 Å². The van der Waals surface area contributed by atoms with E-state index in [0.29, 0.717) is 0 Å². The topological polar surface area (TPSA) is 83.8 Å². The first-order valence-electron chi connectivity index (χ1n) is 21.0. The number of amidine groups is 4. The molecule has 6 aromatic rings. The number of nitrogens with zero attached hydrogens (tertiary/aromatic N) is 8. The van der Waals surface area contributed by atoms with Crippen molar-refractivity contribution in [1.29, 1.82) is 0 Å². The Hall–Kier alpha value is -5.62. The van der Waals surface area contributed by atoms with Crippen LogP contribution in [0.2, 0.25) is 0 Å². The van der Waals surface area contributed by atoms with E-state index >= 15 is 0 Å². The van der Waals surface area contributed by atoms with Crippen LogP contribution in [0.3, 0.4) is 0 Å². The number of hydrogen-bond acceptors (Lipinski definition) is 6. The summed E-state index contributed by atoms with van der Waals surface area (Å²) in [7, 11) is -6.66. The van der Waals surface area contributed by atoms with Crippen molar-refractivity contribution in [2.24, 2.45) is 20.0 Å². The van der Waals surface area contributed by atoms with E-state index in [9.17, 15) is 0 Å². The fourth-order valence-corrected chi connectivity index (χ4v) is 21.6. The van der Waals surface area contributed by atoms with Crippen LogP contribution in [0.25, 0.3) is 21.5 Å². The molecule has 286 valence electrons. The van der Waals surface area contributed by atoms with Crippen molar-refractivity contribution < 1.29 is 17.3 Å². The minimum atomic E-state index is -6.66. The molecule has 57 heavy (non-hydrogen) atoms. The summed E-state index contributed by atoms with van der Waals surface area (Å²) < 4.78 is 27.8. The monoisotopic (exact) mass is 770 g/mol. The number of rotatable bonds is 10. The van der Waals surface area contributed by atoms with Crippen LogP contribution in [0, 0.1) is 0 Å². The van der Waals surface area contributed by atoms with Gasteiger partial charge in [-0.3, -0.25) is 0 Å². The molecule has 8 heterocycles. The Kier molecular flexibility index (Phi) is 6.04. The first-order chi connectivity index (χ1) is 27.8. The summed E-state index contributed by atoms with van der Waals surface area (Å²) in [4.78, 5) is 23.2. The number of aromatic nitrogens is 2. The molecule has 0 fully saturated rings. The number of hydrogen-bond donors (Lipinski definition) is 0. The molecule has 0 N–H and O–H groups in total. The Morgan fingerprint density at radius 2 is 0.807 bits per heavy atom. The molecule has 0 saturated carbocycles. The van der Waals surface area contributed by atoms with Gasteiger partial charge in [0.15, 0.2) is 0 Å². The number of benzene rings is 4.